The van der Waals surface area contributed by atoms with E-state index in [1.54, 1.807) is 6.08 Å². The number of rotatable bonds is 39. The molecule has 0 rings (SSSR count). The van der Waals surface area contributed by atoms with Crippen LogP contribution in [0.1, 0.15) is 226 Å². The summed E-state index contributed by atoms with van der Waals surface area (Å²) in [6.07, 6.45) is 54.0. The van der Waals surface area contributed by atoms with Gasteiger partial charge in [0.2, 0.25) is 5.91 Å². The van der Waals surface area contributed by atoms with Gasteiger partial charge in [0, 0.05) is 6.42 Å². The predicted octanol–water partition coefficient (Wildman–Crippen LogP) is 13.4. The van der Waals surface area contributed by atoms with Gasteiger partial charge in [-0.3, -0.25) is 4.79 Å². The van der Waals surface area contributed by atoms with Crippen LogP contribution in [0.2, 0.25) is 0 Å². The first-order valence-corrected chi connectivity index (χ1v) is 21.7. The molecule has 0 aliphatic heterocycles. The molecule has 0 aliphatic rings. The number of aliphatic hydroxyl groups excluding tert-OH is 2. The summed E-state index contributed by atoms with van der Waals surface area (Å²) in [6, 6.07) is -0.628. The quantitative estimate of drug-likeness (QED) is 0.0445. The first kappa shape index (κ1) is 47.6. The summed E-state index contributed by atoms with van der Waals surface area (Å²) < 4.78 is 0. The Balaban J connectivity index is 3.53. The summed E-state index contributed by atoms with van der Waals surface area (Å²) in [7, 11) is 0. The molecule has 2 atom stereocenters. The molecule has 0 heterocycles. The summed E-state index contributed by atoms with van der Waals surface area (Å²) in [6.45, 7) is 4.24. The van der Waals surface area contributed by atoms with Gasteiger partial charge in [0.05, 0.1) is 18.8 Å². The molecule has 0 aromatic rings. The summed E-state index contributed by atoms with van der Waals surface area (Å²) in [5.41, 5.74) is 0. The standard InChI is InChI=1S/C45H85NO3/c1-3-5-7-9-11-13-15-17-18-19-20-21-22-23-24-25-26-27-29-30-32-34-36-38-40-44(48)43(42-47)46-45(49)41-39-37-35-33-31-28-16-14-12-10-8-6-4-2/h8,10,14,16,38,40,43-44,47-48H,3-7,9,11-13,15,17-37,39,41-42H2,1-2H3,(H,46,49)/b10-8-,16-14-,40-38+. The van der Waals surface area contributed by atoms with Gasteiger partial charge in [0.25, 0.3) is 0 Å². The third-order valence-electron chi connectivity index (χ3n) is 9.85. The van der Waals surface area contributed by atoms with Gasteiger partial charge in [-0.05, 0) is 44.9 Å². The molecule has 2 unspecified atom stereocenters. The molecule has 0 radical (unpaired) electrons. The monoisotopic (exact) mass is 688 g/mol. The lowest BCUT2D eigenvalue weighted by Crippen LogP contribution is -2.45. The van der Waals surface area contributed by atoms with Gasteiger partial charge >= 0.3 is 0 Å². The van der Waals surface area contributed by atoms with Crippen molar-refractivity contribution in [3.63, 3.8) is 0 Å². The van der Waals surface area contributed by atoms with Gasteiger partial charge < -0.3 is 15.5 Å². The minimum atomic E-state index is -0.844. The highest BCUT2D eigenvalue weighted by atomic mass is 16.3. The smallest absolute Gasteiger partial charge is 0.220 e. The Morgan fingerprint density at radius 1 is 0.490 bits per heavy atom. The highest BCUT2D eigenvalue weighted by Crippen LogP contribution is 2.16. The molecule has 3 N–H and O–H groups in total. The molecule has 0 aromatic heterocycles. The van der Waals surface area contributed by atoms with Gasteiger partial charge in [0.15, 0.2) is 0 Å². The number of allylic oxidation sites excluding steroid dienone is 5. The maximum Gasteiger partial charge on any atom is 0.220 e. The summed E-state index contributed by atoms with van der Waals surface area (Å²) in [5, 5.41) is 23.0. The van der Waals surface area contributed by atoms with Crippen LogP contribution in [0.25, 0.3) is 0 Å². The third kappa shape index (κ3) is 37.7. The Labute approximate surface area is 306 Å². The van der Waals surface area contributed by atoms with E-state index in [0.29, 0.717) is 6.42 Å². The lowest BCUT2D eigenvalue weighted by molar-refractivity contribution is -0.123. The molecule has 0 aromatic carbocycles. The zero-order chi connectivity index (χ0) is 35.7. The Morgan fingerprint density at radius 3 is 1.31 bits per heavy atom. The summed E-state index contributed by atoms with van der Waals surface area (Å²) in [5.74, 6) is -0.0786. The van der Waals surface area contributed by atoms with Gasteiger partial charge in [-0.25, -0.2) is 0 Å². The fourth-order valence-electron chi connectivity index (χ4n) is 6.51. The van der Waals surface area contributed by atoms with E-state index < -0.39 is 12.1 Å². The number of carbonyl (C=O) groups excluding carboxylic acids is 1. The molecule has 0 fully saturated rings. The number of carbonyl (C=O) groups is 1. The van der Waals surface area contributed by atoms with Crippen LogP contribution in [0, 0.1) is 0 Å². The largest absolute Gasteiger partial charge is 0.394 e. The van der Waals surface area contributed by atoms with Crippen LogP contribution in [-0.4, -0.2) is 34.9 Å². The van der Waals surface area contributed by atoms with E-state index in [4.69, 9.17) is 0 Å². The van der Waals surface area contributed by atoms with Crippen molar-refractivity contribution in [3.8, 4) is 0 Å². The van der Waals surface area contributed by atoms with Gasteiger partial charge in [-0.2, -0.15) is 0 Å². The van der Waals surface area contributed by atoms with Crippen molar-refractivity contribution in [3.05, 3.63) is 36.5 Å². The van der Waals surface area contributed by atoms with E-state index in [1.165, 1.54) is 161 Å². The predicted molar refractivity (Wildman–Crippen MR) is 216 cm³/mol. The van der Waals surface area contributed by atoms with Crippen molar-refractivity contribution in [2.45, 2.75) is 238 Å². The van der Waals surface area contributed by atoms with Crippen LogP contribution >= 0.6 is 0 Å². The number of unbranched alkanes of at least 4 members (excludes halogenated alkanes) is 28. The minimum absolute atomic E-state index is 0.0786. The van der Waals surface area contributed by atoms with Crippen molar-refractivity contribution >= 4 is 5.91 Å². The second kappa shape index (κ2) is 41.0. The number of aliphatic hydroxyl groups is 2. The van der Waals surface area contributed by atoms with Crippen LogP contribution in [0.15, 0.2) is 36.5 Å². The van der Waals surface area contributed by atoms with Crippen molar-refractivity contribution in [1.82, 2.24) is 5.32 Å². The van der Waals surface area contributed by atoms with E-state index in [-0.39, 0.29) is 12.5 Å². The maximum absolute atomic E-state index is 12.3. The maximum atomic E-state index is 12.3. The fourth-order valence-corrected chi connectivity index (χ4v) is 6.51. The molecule has 1 amide bonds. The Kier molecular flexibility index (Phi) is 39.9. The molecule has 0 saturated heterocycles. The Hall–Kier alpha value is -1.39. The van der Waals surface area contributed by atoms with E-state index in [0.717, 1.165) is 44.9 Å². The molecule has 0 saturated carbocycles. The average Bonchev–Trinajstić information content (AvgIpc) is 3.10. The van der Waals surface area contributed by atoms with E-state index in [9.17, 15) is 15.0 Å². The van der Waals surface area contributed by atoms with Crippen molar-refractivity contribution in [2.75, 3.05) is 6.61 Å². The highest BCUT2D eigenvalue weighted by molar-refractivity contribution is 5.76. The first-order valence-electron chi connectivity index (χ1n) is 21.7. The zero-order valence-electron chi connectivity index (χ0n) is 33.0. The number of hydrogen-bond donors (Lipinski definition) is 3. The van der Waals surface area contributed by atoms with Crippen LogP contribution in [0.4, 0.5) is 0 Å². The lowest BCUT2D eigenvalue weighted by atomic mass is 10.0. The first-order chi connectivity index (χ1) is 24.2. The van der Waals surface area contributed by atoms with E-state index >= 15 is 0 Å². The SMILES string of the molecule is CCC/C=C\C/C=C\CCCCCCCC(=O)NC(CO)C(O)/C=C/CCCCCCCCCCCCCCCCCCCCCCCC. The average molecular weight is 688 g/mol. The fraction of sp³-hybridized carbons (Fsp3) is 0.844. The molecule has 4 heteroatoms. The minimum Gasteiger partial charge on any atom is -0.394 e. The van der Waals surface area contributed by atoms with Crippen LogP contribution in [0.3, 0.4) is 0 Å². The summed E-state index contributed by atoms with van der Waals surface area (Å²) in [4.78, 5) is 12.3. The van der Waals surface area contributed by atoms with Gasteiger partial charge in [0.1, 0.15) is 0 Å². The van der Waals surface area contributed by atoms with Gasteiger partial charge in [-0.1, -0.05) is 211 Å². The Bertz CT molecular complexity index is 746. The Morgan fingerprint density at radius 2 is 0.878 bits per heavy atom. The van der Waals surface area contributed by atoms with Crippen molar-refractivity contribution < 1.29 is 15.0 Å². The van der Waals surface area contributed by atoms with Gasteiger partial charge in [-0.15, -0.1) is 0 Å². The van der Waals surface area contributed by atoms with Crippen molar-refractivity contribution in [2.24, 2.45) is 0 Å². The third-order valence-corrected chi connectivity index (χ3v) is 9.85. The van der Waals surface area contributed by atoms with Crippen molar-refractivity contribution in [1.29, 1.82) is 0 Å². The molecule has 0 aliphatic carbocycles. The number of nitrogens with one attached hydrogen (secondary N) is 1. The lowest BCUT2D eigenvalue weighted by Gasteiger charge is -2.20. The molecular weight excluding hydrogens is 602 g/mol. The zero-order valence-corrected chi connectivity index (χ0v) is 33.0. The van der Waals surface area contributed by atoms with Crippen LogP contribution < -0.4 is 5.32 Å². The number of hydrogen-bond acceptors (Lipinski definition) is 3. The van der Waals surface area contributed by atoms with E-state index in [2.05, 4.69) is 43.5 Å². The molecule has 0 bridgehead atoms. The molecule has 4 nitrogen and oxygen atoms in total. The molecule has 288 valence electrons. The normalized spacial score (nSPS) is 13.3. The molecule has 0 spiro atoms. The van der Waals surface area contributed by atoms with Crippen LogP contribution in [0.5, 0.6) is 0 Å². The molecular formula is C45H85NO3. The summed E-state index contributed by atoms with van der Waals surface area (Å²) >= 11 is 0. The topological polar surface area (TPSA) is 69.6 Å². The second-order valence-corrected chi connectivity index (χ2v) is 14.8. The van der Waals surface area contributed by atoms with Crippen LogP contribution in [-0.2, 0) is 4.79 Å². The molecule has 49 heavy (non-hydrogen) atoms. The second-order valence-electron chi connectivity index (χ2n) is 14.8. The number of amides is 1. The highest BCUT2D eigenvalue weighted by Gasteiger charge is 2.17. The van der Waals surface area contributed by atoms with E-state index in [1.807, 2.05) is 6.08 Å².